The van der Waals surface area contributed by atoms with Crippen molar-refractivity contribution in [1.82, 2.24) is 9.55 Å². The van der Waals surface area contributed by atoms with Gasteiger partial charge in [0.1, 0.15) is 5.01 Å². The van der Waals surface area contributed by atoms with E-state index in [1.165, 1.54) is 11.3 Å². The lowest BCUT2D eigenvalue weighted by molar-refractivity contribution is 0.0938. The molecule has 0 amide bonds. The summed E-state index contributed by atoms with van der Waals surface area (Å²) < 4.78 is 1.80. The first kappa shape index (κ1) is 32.6. The molecule has 0 fully saturated rings. The molecule has 0 aliphatic heterocycles. The molecule has 1 unspecified atom stereocenters. The molecule has 2 heterocycles. The SMILES string of the molecule is CCc1cccc(CC)c1-n1c(CC(C)C)c(C(=O)CCC(O)c2ccccc2)cc(-c2nc(-c3ccc(Cl)cc3)cs2)c1=O. The van der Waals surface area contributed by atoms with Crippen LogP contribution in [0.3, 0.4) is 0 Å². The van der Waals surface area contributed by atoms with E-state index in [4.69, 9.17) is 16.6 Å². The Hall–Kier alpha value is -3.84. The summed E-state index contributed by atoms with van der Waals surface area (Å²) in [6, 6.07) is 24.8. The first-order valence-electron chi connectivity index (χ1n) is 15.6. The zero-order valence-corrected chi connectivity index (χ0v) is 27.8. The molecule has 232 valence electrons. The van der Waals surface area contributed by atoms with Crippen LogP contribution in [0.25, 0.3) is 27.5 Å². The Morgan fingerprint density at radius 1 is 0.956 bits per heavy atom. The summed E-state index contributed by atoms with van der Waals surface area (Å²) in [6.45, 7) is 8.38. The first-order valence-corrected chi connectivity index (χ1v) is 16.9. The third kappa shape index (κ3) is 7.19. The Kier molecular flexibility index (Phi) is 10.5. The van der Waals surface area contributed by atoms with Gasteiger partial charge in [-0.3, -0.25) is 14.2 Å². The topological polar surface area (TPSA) is 72.2 Å². The van der Waals surface area contributed by atoms with E-state index in [1.54, 1.807) is 10.6 Å². The van der Waals surface area contributed by atoms with Crippen molar-refractivity contribution in [2.75, 3.05) is 0 Å². The van der Waals surface area contributed by atoms with E-state index < -0.39 is 6.10 Å². The molecule has 5 rings (SSSR count). The highest BCUT2D eigenvalue weighted by molar-refractivity contribution is 7.13. The van der Waals surface area contributed by atoms with E-state index in [0.717, 1.165) is 46.5 Å². The molecule has 7 heteroatoms. The van der Waals surface area contributed by atoms with Crippen LogP contribution in [0.4, 0.5) is 0 Å². The molecule has 5 nitrogen and oxygen atoms in total. The normalized spacial score (nSPS) is 12.1. The van der Waals surface area contributed by atoms with Gasteiger partial charge in [0.15, 0.2) is 5.78 Å². The van der Waals surface area contributed by atoms with Gasteiger partial charge in [-0.1, -0.05) is 100.0 Å². The van der Waals surface area contributed by atoms with Crippen LogP contribution in [0.2, 0.25) is 5.02 Å². The van der Waals surface area contributed by atoms with Gasteiger partial charge in [-0.25, -0.2) is 4.98 Å². The van der Waals surface area contributed by atoms with E-state index in [1.807, 2.05) is 66.0 Å². The number of pyridine rings is 1. The molecule has 0 saturated carbocycles. The second-order valence-electron chi connectivity index (χ2n) is 11.7. The number of Topliss-reactive ketones (excluding diaryl/α,β-unsaturated/α-hetero) is 1. The minimum absolute atomic E-state index is 0.0999. The van der Waals surface area contributed by atoms with Crippen molar-refractivity contribution in [2.24, 2.45) is 5.92 Å². The van der Waals surface area contributed by atoms with E-state index >= 15 is 0 Å². The molecule has 0 spiro atoms. The number of ketones is 1. The van der Waals surface area contributed by atoms with Gasteiger partial charge >= 0.3 is 0 Å². The Labute approximate surface area is 274 Å². The third-order valence-corrected chi connectivity index (χ3v) is 9.22. The maximum absolute atomic E-state index is 14.7. The number of benzene rings is 3. The van der Waals surface area contributed by atoms with Crippen molar-refractivity contribution >= 4 is 28.7 Å². The largest absolute Gasteiger partial charge is 0.388 e. The van der Waals surface area contributed by atoms with Crippen LogP contribution < -0.4 is 5.56 Å². The number of halogens is 1. The molecular formula is C38H39ClN2O3S. The molecule has 5 aromatic rings. The summed E-state index contributed by atoms with van der Waals surface area (Å²) in [6.07, 6.45) is 1.69. The zero-order valence-electron chi connectivity index (χ0n) is 26.2. The minimum atomic E-state index is -0.762. The van der Waals surface area contributed by atoms with Crippen LogP contribution in [0, 0.1) is 5.92 Å². The Balaban J connectivity index is 1.71. The Morgan fingerprint density at radius 3 is 2.24 bits per heavy atom. The number of aliphatic hydroxyl groups is 1. The number of aryl methyl sites for hydroxylation is 2. The highest BCUT2D eigenvalue weighted by Gasteiger charge is 2.26. The highest BCUT2D eigenvalue weighted by Crippen LogP contribution is 2.32. The van der Waals surface area contributed by atoms with E-state index in [0.29, 0.717) is 33.3 Å². The van der Waals surface area contributed by atoms with Gasteiger partial charge in [0, 0.05) is 33.6 Å². The molecule has 0 aliphatic carbocycles. The first-order chi connectivity index (χ1) is 21.7. The van der Waals surface area contributed by atoms with E-state index in [2.05, 4.69) is 39.8 Å². The van der Waals surface area contributed by atoms with Gasteiger partial charge in [-0.05, 0) is 66.5 Å². The van der Waals surface area contributed by atoms with Crippen LogP contribution in [0.1, 0.15) is 79.4 Å². The molecule has 0 radical (unpaired) electrons. The molecular weight excluding hydrogens is 600 g/mol. The van der Waals surface area contributed by atoms with Crippen molar-refractivity contribution < 1.29 is 9.90 Å². The molecule has 0 bridgehead atoms. The molecule has 1 N–H and O–H groups in total. The molecule has 1 atom stereocenters. The zero-order chi connectivity index (χ0) is 32.1. The van der Waals surface area contributed by atoms with Crippen molar-refractivity contribution in [3.63, 3.8) is 0 Å². The van der Waals surface area contributed by atoms with Gasteiger partial charge in [-0.15, -0.1) is 11.3 Å². The smallest absolute Gasteiger partial charge is 0.265 e. The average molecular weight is 639 g/mol. The number of hydrogen-bond acceptors (Lipinski definition) is 5. The van der Waals surface area contributed by atoms with Gasteiger partial charge in [0.2, 0.25) is 0 Å². The number of hydrogen-bond donors (Lipinski definition) is 1. The van der Waals surface area contributed by atoms with E-state index in [9.17, 15) is 14.7 Å². The Bertz CT molecular complexity index is 1820. The van der Waals surface area contributed by atoms with Gasteiger partial charge in [-0.2, -0.15) is 0 Å². The van der Waals surface area contributed by atoms with Crippen LogP contribution in [0.5, 0.6) is 0 Å². The average Bonchev–Trinajstić information content (AvgIpc) is 3.54. The van der Waals surface area contributed by atoms with Crippen molar-refractivity contribution in [3.8, 4) is 27.5 Å². The lowest BCUT2D eigenvalue weighted by Gasteiger charge is -2.24. The predicted molar refractivity (Wildman–Crippen MR) is 186 cm³/mol. The number of thiazole rings is 1. The van der Waals surface area contributed by atoms with Gasteiger partial charge < -0.3 is 5.11 Å². The minimum Gasteiger partial charge on any atom is -0.388 e. The van der Waals surface area contributed by atoms with Crippen LogP contribution >= 0.6 is 22.9 Å². The lowest BCUT2D eigenvalue weighted by Crippen LogP contribution is -2.29. The second-order valence-corrected chi connectivity index (χ2v) is 13.0. The number of para-hydroxylation sites is 1. The fourth-order valence-corrected chi connectivity index (χ4v) is 6.73. The van der Waals surface area contributed by atoms with Crippen LogP contribution in [0.15, 0.2) is 89.0 Å². The summed E-state index contributed by atoms with van der Waals surface area (Å²) >= 11 is 7.50. The summed E-state index contributed by atoms with van der Waals surface area (Å²) in [5, 5.41) is 14.0. The van der Waals surface area contributed by atoms with Crippen molar-refractivity contribution in [3.05, 3.63) is 128 Å². The van der Waals surface area contributed by atoms with Crippen LogP contribution in [-0.2, 0) is 19.3 Å². The number of aliphatic hydroxyl groups excluding tert-OH is 1. The van der Waals surface area contributed by atoms with Crippen molar-refractivity contribution in [1.29, 1.82) is 0 Å². The molecule has 2 aromatic heterocycles. The predicted octanol–water partition coefficient (Wildman–Crippen LogP) is 9.30. The standard InChI is InChI=1S/C38H39ClN2O3S/c1-5-25-13-10-14-26(6-2)36(25)41-33(21-24(3)4)30(35(43)20-19-34(42)28-11-8-7-9-12-28)22-31(38(41)44)37-40-32(23-45-37)27-15-17-29(39)18-16-27/h7-18,22-24,34,42H,5-6,19-21H2,1-4H3. The number of carbonyl (C=O) groups is 1. The fraction of sp³-hybridized carbons (Fsp3) is 0.289. The maximum Gasteiger partial charge on any atom is 0.265 e. The molecule has 0 saturated heterocycles. The fourth-order valence-electron chi connectivity index (χ4n) is 5.77. The van der Waals surface area contributed by atoms with Crippen molar-refractivity contribution in [2.45, 2.75) is 65.9 Å². The summed E-state index contributed by atoms with van der Waals surface area (Å²) in [5.74, 6) is 0.0929. The molecule has 3 aromatic carbocycles. The number of rotatable bonds is 12. The quantitative estimate of drug-likeness (QED) is 0.138. The van der Waals surface area contributed by atoms with Gasteiger partial charge in [0.25, 0.3) is 5.56 Å². The number of aromatic nitrogens is 2. The highest BCUT2D eigenvalue weighted by atomic mass is 35.5. The Morgan fingerprint density at radius 2 is 1.62 bits per heavy atom. The number of carbonyl (C=O) groups excluding carboxylic acids is 1. The second kappa shape index (κ2) is 14.5. The molecule has 0 aliphatic rings. The van der Waals surface area contributed by atoms with E-state index in [-0.39, 0.29) is 30.1 Å². The molecule has 45 heavy (non-hydrogen) atoms. The maximum atomic E-state index is 14.7. The monoisotopic (exact) mass is 638 g/mol. The summed E-state index contributed by atoms with van der Waals surface area (Å²) in [7, 11) is 0. The van der Waals surface area contributed by atoms with Crippen LogP contribution in [-0.4, -0.2) is 20.4 Å². The number of nitrogens with zero attached hydrogens (tertiary/aromatic N) is 2. The van der Waals surface area contributed by atoms with Gasteiger partial charge in [0.05, 0.1) is 23.0 Å². The summed E-state index contributed by atoms with van der Waals surface area (Å²) in [5.41, 5.74) is 6.82. The lowest BCUT2D eigenvalue weighted by atomic mass is 9.93. The third-order valence-electron chi connectivity index (χ3n) is 8.10. The summed E-state index contributed by atoms with van der Waals surface area (Å²) in [4.78, 5) is 33.7.